The summed E-state index contributed by atoms with van der Waals surface area (Å²) in [6, 6.07) is 4.58. The summed E-state index contributed by atoms with van der Waals surface area (Å²) in [6.45, 7) is 4.93. The molecule has 1 aliphatic heterocycles. The number of esters is 1. The molecule has 0 bridgehead atoms. The molecule has 1 aliphatic rings. The van der Waals surface area contributed by atoms with Crippen molar-refractivity contribution in [3.8, 4) is 11.5 Å². The second-order valence-electron chi connectivity index (χ2n) is 9.77. The lowest BCUT2D eigenvalue weighted by atomic mass is 9.84. The van der Waals surface area contributed by atoms with Gasteiger partial charge in [0.05, 0.1) is 20.8 Å². The van der Waals surface area contributed by atoms with Gasteiger partial charge in [-0.25, -0.2) is 9.59 Å². The van der Waals surface area contributed by atoms with E-state index in [4.69, 9.17) is 24.1 Å². The quantitative estimate of drug-likeness (QED) is 0.290. The van der Waals surface area contributed by atoms with Gasteiger partial charge in [0.2, 0.25) is 5.78 Å². The van der Waals surface area contributed by atoms with Crippen LogP contribution < -0.4 is 9.47 Å². The highest BCUT2D eigenvalue weighted by Gasteiger charge is 2.41. The Labute approximate surface area is 218 Å². The number of piperidine rings is 1. The van der Waals surface area contributed by atoms with Crippen LogP contribution in [0.4, 0.5) is 0 Å². The number of amides is 1. The minimum absolute atomic E-state index is 0.117. The van der Waals surface area contributed by atoms with Gasteiger partial charge in [0.1, 0.15) is 18.8 Å². The van der Waals surface area contributed by atoms with E-state index in [1.807, 2.05) is 19.1 Å². The van der Waals surface area contributed by atoms with Crippen LogP contribution in [0.1, 0.15) is 58.4 Å². The summed E-state index contributed by atoms with van der Waals surface area (Å²) in [5.74, 6) is -1.80. The zero-order chi connectivity index (χ0) is 27.6. The van der Waals surface area contributed by atoms with Crippen LogP contribution in [-0.4, -0.2) is 79.8 Å². The monoisotopic (exact) mass is 521 g/mol. The number of ketones is 1. The third kappa shape index (κ3) is 8.45. The molecule has 1 saturated heterocycles. The number of carbonyl (C=O) groups excluding carboxylic acids is 3. The van der Waals surface area contributed by atoms with E-state index in [1.165, 1.54) is 12.0 Å². The normalized spacial score (nSPS) is 16.6. The minimum Gasteiger partial charge on any atom is -0.493 e. The Balaban J connectivity index is 2.14. The lowest BCUT2D eigenvalue weighted by Gasteiger charge is -2.36. The van der Waals surface area contributed by atoms with Crippen molar-refractivity contribution in [3.63, 3.8) is 0 Å². The van der Waals surface area contributed by atoms with Crippen LogP contribution >= 0.6 is 0 Å². The van der Waals surface area contributed by atoms with Crippen LogP contribution in [0.25, 0.3) is 0 Å². The second-order valence-corrected chi connectivity index (χ2v) is 9.77. The molecular formula is C27H39NO9. The van der Waals surface area contributed by atoms with Gasteiger partial charge in [-0.1, -0.05) is 26.8 Å². The fraction of sp³-hybridized carbons (Fsp3) is 0.630. The predicted octanol–water partition coefficient (Wildman–Crippen LogP) is 3.04. The Morgan fingerprint density at radius 1 is 1.11 bits per heavy atom. The van der Waals surface area contributed by atoms with E-state index < -0.39 is 47.8 Å². The van der Waals surface area contributed by atoms with Gasteiger partial charge in [-0.2, -0.15) is 0 Å². The number of nitrogens with zero attached hydrogens (tertiary/aromatic N) is 1. The molecule has 10 heteroatoms. The zero-order valence-electron chi connectivity index (χ0n) is 22.4. The second kappa shape index (κ2) is 14.0. The molecule has 37 heavy (non-hydrogen) atoms. The number of hydrogen-bond acceptors (Lipinski definition) is 8. The maximum Gasteiger partial charge on any atom is 0.329 e. The number of ether oxygens (including phenoxy) is 4. The van der Waals surface area contributed by atoms with Crippen LogP contribution in [-0.2, 0) is 35.1 Å². The van der Waals surface area contributed by atoms with Crippen molar-refractivity contribution >= 4 is 23.6 Å². The van der Waals surface area contributed by atoms with E-state index in [0.29, 0.717) is 50.1 Å². The number of likely N-dealkylation sites (tertiary alicyclic amines) is 1. The summed E-state index contributed by atoms with van der Waals surface area (Å²) < 4.78 is 21.6. The number of benzene rings is 1. The molecular weight excluding hydrogens is 482 g/mol. The molecule has 1 N–H and O–H groups in total. The predicted molar refractivity (Wildman–Crippen MR) is 135 cm³/mol. The van der Waals surface area contributed by atoms with E-state index >= 15 is 0 Å². The van der Waals surface area contributed by atoms with Gasteiger partial charge < -0.3 is 29.0 Å². The number of methoxy groups -OCH3 is 2. The first-order chi connectivity index (χ1) is 17.5. The van der Waals surface area contributed by atoms with Crippen molar-refractivity contribution in [2.24, 2.45) is 5.41 Å². The molecule has 0 unspecified atom stereocenters. The van der Waals surface area contributed by atoms with Crippen LogP contribution in [0.2, 0.25) is 0 Å². The van der Waals surface area contributed by atoms with Crippen LogP contribution in [0, 0.1) is 5.41 Å². The molecule has 2 atom stereocenters. The van der Waals surface area contributed by atoms with Crippen LogP contribution in [0.15, 0.2) is 18.2 Å². The van der Waals surface area contributed by atoms with E-state index in [1.54, 1.807) is 27.0 Å². The van der Waals surface area contributed by atoms with Gasteiger partial charge in [-0.3, -0.25) is 9.59 Å². The molecule has 10 nitrogen and oxygen atoms in total. The SMILES string of the molecule is CCC(C)(C)C(=O)C(=O)N1CCCC[C@H]1C(=O)O[C@H](CCc1ccc(OC)c(OC)c1)COCC(=O)O. The number of carboxylic acid groups (broad SMARTS) is 1. The van der Waals surface area contributed by atoms with Crippen molar-refractivity contribution < 1.29 is 43.2 Å². The first-order valence-corrected chi connectivity index (χ1v) is 12.6. The van der Waals surface area contributed by atoms with Gasteiger partial charge >= 0.3 is 11.9 Å². The van der Waals surface area contributed by atoms with E-state index in [2.05, 4.69) is 0 Å². The average Bonchev–Trinajstić information content (AvgIpc) is 2.90. The van der Waals surface area contributed by atoms with Crippen LogP contribution in [0.5, 0.6) is 11.5 Å². The van der Waals surface area contributed by atoms with Gasteiger partial charge in [-0.15, -0.1) is 0 Å². The van der Waals surface area contributed by atoms with Gasteiger partial charge in [-0.05, 0) is 56.2 Å². The van der Waals surface area contributed by atoms with Crippen molar-refractivity contribution in [1.82, 2.24) is 4.90 Å². The molecule has 1 aromatic carbocycles. The number of aryl methyl sites for hydroxylation is 1. The first kappa shape index (κ1) is 30.1. The number of carbonyl (C=O) groups is 4. The smallest absolute Gasteiger partial charge is 0.329 e. The Morgan fingerprint density at radius 3 is 2.43 bits per heavy atom. The number of carboxylic acids is 1. The van der Waals surface area contributed by atoms with E-state index in [-0.39, 0.29) is 6.61 Å². The number of rotatable bonds is 14. The third-order valence-electron chi connectivity index (χ3n) is 6.74. The van der Waals surface area contributed by atoms with Crippen molar-refractivity contribution in [2.75, 3.05) is 34.0 Å². The highest BCUT2D eigenvalue weighted by Crippen LogP contribution is 2.29. The Hall–Kier alpha value is -3.14. The van der Waals surface area contributed by atoms with E-state index in [0.717, 1.165) is 12.0 Å². The first-order valence-electron chi connectivity index (χ1n) is 12.6. The Morgan fingerprint density at radius 2 is 1.81 bits per heavy atom. The fourth-order valence-corrected chi connectivity index (χ4v) is 4.06. The summed E-state index contributed by atoms with van der Waals surface area (Å²) in [4.78, 5) is 51.3. The maximum absolute atomic E-state index is 13.2. The molecule has 0 saturated carbocycles. The Kier molecular flexibility index (Phi) is 11.4. The molecule has 0 spiro atoms. The number of hydrogen-bond donors (Lipinski definition) is 1. The topological polar surface area (TPSA) is 129 Å². The molecule has 0 radical (unpaired) electrons. The summed E-state index contributed by atoms with van der Waals surface area (Å²) in [7, 11) is 3.08. The molecule has 2 rings (SSSR count). The molecule has 206 valence electrons. The molecule has 0 aromatic heterocycles. The van der Waals surface area contributed by atoms with Gasteiger partial charge in [0.15, 0.2) is 11.5 Å². The lowest BCUT2D eigenvalue weighted by Crippen LogP contribution is -2.53. The number of aliphatic carboxylic acids is 1. The highest BCUT2D eigenvalue weighted by molar-refractivity contribution is 6.38. The molecule has 1 amide bonds. The molecule has 0 aliphatic carbocycles. The van der Waals surface area contributed by atoms with E-state index in [9.17, 15) is 19.2 Å². The largest absolute Gasteiger partial charge is 0.493 e. The van der Waals surface area contributed by atoms with Crippen LogP contribution in [0.3, 0.4) is 0 Å². The fourth-order valence-electron chi connectivity index (χ4n) is 4.06. The van der Waals surface area contributed by atoms with Crippen molar-refractivity contribution in [2.45, 2.75) is 71.4 Å². The molecule has 1 aromatic rings. The summed E-state index contributed by atoms with van der Waals surface area (Å²) >= 11 is 0. The summed E-state index contributed by atoms with van der Waals surface area (Å²) in [5, 5.41) is 8.93. The third-order valence-corrected chi connectivity index (χ3v) is 6.74. The Bertz CT molecular complexity index is 959. The van der Waals surface area contributed by atoms with Crippen molar-refractivity contribution in [3.05, 3.63) is 23.8 Å². The minimum atomic E-state index is -1.13. The standard InChI is InChI=1S/C27H39NO9/c1-6-27(2,3)24(31)25(32)28-14-8-7-9-20(28)26(33)37-19(16-36-17-23(29)30)12-10-18-11-13-21(34-4)22(15-18)35-5/h11,13,15,19-20H,6-10,12,14,16-17H2,1-5H3,(H,29,30)/t19-,20+/m1/s1. The molecule has 1 heterocycles. The average molecular weight is 522 g/mol. The molecule has 1 fully saturated rings. The van der Waals surface area contributed by atoms with Crippen molar-refractivity contribution in [1.29, 1.82) is 0 Å². The number of Topliss-reactive ketones (excluding diaryl/α,β-unsaturated/α-hetero) is 1. The lowest BCUT2D eigenvalue weighted by molar-refractivity contribution is -0.166. The van der Waals surface area contributed by atoms with Gasteiger partial charge in [0, 0.05) is 12.0 Å². The summed E-state index contributed by atoms with van der Waals surface area (Å²) in [5.41, 5.74) is 0.0779. The maximum atomic E-state index is 13.2. The van der Waals surface area contributed by atoms with Gasteiger partial charge in [0.25, 0.3) is 5.91 Å². The highest BCUT2D eigenvalue weighted by atomic mass is 16.6. The summed E-state index contributed by atoms with van der Waals surface area (Å²) in [6.07, 6.45) is 2.40. The zero-order valence-corrected chi connectivity index (χ0v) is 22.4.